The van der Waals surface area contributed by atoms with Crippen LogP contribution in [0.5, 0.6) is 0 Å². The Balaban J connectivity index is 2.34. The maximum absolute atomic E-state index is 12.1. The summed E-state index contributed by atoms with van der Waals surface area (Å²) < 4.78 is 0. The number of primary amides is 1. The molecule has 0 bridgehead atoms. The summed E-state index contributed by atoms with van der Waals surface area (Å²) in [5.74, 6) is -1.08. The van der Waals surface area contributed by atoms with E-state index in [-0.39, 0.29) is 18.9 Å². The third-order valence-electron chi connectivity index (χ3n) is 3.51. The van der Waals surface area contributed by atoms with Gasteiger partial charge < -0.3 is 16.0 Å². The van der Waals surface area contributed by atoms with Crippen LogP contribution in [-0.2, 0) is 9.59 Å². The molecular formula is C15H18N4O2. The first-order valence-corrected chi connectivity index (χ1v) is 6.94. The second kappa shape index (κ2) is 6.27. The van der Waals surface area contributed by atoms with Gasteiger partial charge in [-0.1, -0.05) is 6.92 Å². The number of carbonyl (C=O) groups excluding carboxylic acids is 2. The van der Waals surface area contributed by atoms with E-state index in [1.807, 2.05) is 6.92 Å². The van der Waals surface area contributed by atoms with Crippen LogP contribution in [0.1, 0.15) is 25.3 Å². The third-order valence-corrected chi connectivity index (χ3v) is 3.51. The quantitative estimate of drug-likeness (QED) is 0.850. The average Bonchev–Trinajstić information content (AvgIpc) is 2.87. The molecule has 1 atom stereocenters. The Bertz CT molecular complexity index is 606. The van der Waals surface area contributed by atoms with Crippen LogP contribution < -0.4 is 16.0 Å². The van der Waals surface area contributed by atoms with Crippen LogP contribution in [0, 0.1) is 17.2 Å². The van der Waals surface area contributed by atoms with Gasteiger partial charge in [-0.3, -0.25) is 9.59 Å². The van der Waals surface area contributed by atoms with Gasteiger partial charge >= 0.3 is 0 Å². The van der Waals surface area contributed by atoms with E-state index in [0.717, 1.165) is 18.7 Å². The van der Waals surface area contributed by atoms with E-state index in [1.165, 1.54) is 4.90 Å². The van der Waals surface area contributed by atoms with Crippen LogP contribution in [-0.4, -0.2) is 24.9 Å². The number of nitrogens with two attached hydrogens (primary N) is 1. The van der Waals surface area contributed by atoms with E-state index < -0.39 is 11.8 Å². The van der Waals surface area contributed by atoms with Crippen LogP contribution in [0.25, 0.3) is 0 Å². The first-order chi connectivity index (χ1) is 10.1. The normalized spacial score (nSPS) is 17.6. The standard InChI is InChI=1S/C15H18N4O2/c1-2-5-18-12-4-3-10(8-16)6-13(12)19-9-11(15(17)21)7-14(19)20/h3-4,6,11,18H,2,5,7,9H2,1H3,(H2,17,21). The van der Waals surface area contributed by atoms with Crippen molar-refractivity contribution in [2.45, 2.75) is 19.8 Å². The second-order valence-corrected chi connectivity index (χ2v) is 5.08. The van der Waals surface area contributed by atoms with Gasteiger partial charge in [-0.05, 0) is 24.6 Å². The van der Waals surface area contributed by atoms with Crippen molar-refractivity contribution in [1.82, 2.24) is 0 Å². The van der Waals surface area contributed by atoms with Crippen molar-refractivity contribution in [3.05, 3.63) is 23.8 Å². The molecule has 0 aromatic heterocycles. The number of amides is 2. The Morgan fingerprint density at radius 1 is 1.57 bits per heavy atom. The topological polar surface area (TPSA) is 99.2 Å². The highest BCUT2D eigenvalue weighted by Crippen LogP contribution is 2.32. The second-order valence-electron chi connectivity index (χ2n) is 5.08. The van der Waals surface area contributed by atoms with Gasteiger partial charge in [0.25, 0.3) is 0 Å². The molecule has 2 rings (SSSR count). The van der Waals surface area contributed by atoms with Crippen molar-refractivity contribution in [3.63, 3.8) is 0 Å². The highest BCUT2D eigenvalue weighted by atomic mass is 16.2. The zero-order valence-electron chi connectivity index (χ0n) is 11.9. The summed E-state index contributed by atoms with van der Waals surface area (Å²) in [6.45, 7) is 3.07. The first kappa shape index (κ1) is 14.9. The minimum Gasteiger partial charge on any atom is -0.383 e. The lowest BCUT2D eigenvalue weighted by Crippen LogP contribution is -2.29. The van der Waals surface area contributed by atoms with Crippen molar-refractivity contribution in [3.8, 4) is 6.07 Å². The molecule has 1 aliphatic rings. The summed E-state index contributed by atoms with van der Waals surface area (Å²) in [5.41, 5.74) is 7.19. The van der Waals surface area contributed by atoms with Gasteiger partial charge in [0.05, 0.1) is 28.9 Å². The number of anilines is 2. The zero-order chi connectivity index (χ0) is 15.4. The molecule has 1 aromatic rings. The summed E-state index contributed by atoms with van der Waals surface area (Å²) >= 11 is 0. The molecule has 0 saturated carbocycles. The molecule has 3 N–H and O–H groups in total. The van der Waals surface area contributed by atoms with E-state index in [0.29, 0.717) is 11.3 Å². The number of nitriles is 1. The lowest BCUT2D eigenvalue weighted by molar-refractivity contribution is -0.123. The molecule has 1 aromatic carbocycles. The monoisotopic (exact) mass is 286 g/mol. The minimum absolute atomic E-state index is 0.124. The molecule has 0 aliphatic carbocycles. The van der Waals surface area contributed by atoms with Gasteiger partial charge in [-0.25, -0.2) is 0 Å². The maximum atomic E-state index is 12.1. The largest absolute Gasteiger partial charge is 0.383 e. The molecule has 110 valence electrons. The molecule has 1 saturated heterocycles. The predicted octanol–water partition coefficient (Wildman–Crippen LogP) is 1.22. The molecular weight excluding hydrogens is 268 g/mol. The van der Waals surface area contributed by atoms with E-state index in [9.17, 15) is 9.59 Å². The van der Waals surface area contributed by atoms with E-state index in [1.54, 1.807) is 18.2 Å². The molecule has 2 amide bonds. The molecule has 1 aliphatic heterocycles. The number of nitrogens with one attached hydrogen (secondary N) is 1. The Hall–Kier alpha value is -2.55. The Morgan fingerprint density at radius 2 is 2.33 bits per heavy atom. The smallest absolute Gasteiger partial charge is 0.227 e. The Labute approximate surface area is 123 Å². The summed E-state index contributed by atoms with van der Waals surface area (Å²) in [6.07, 6.45) is 1.07. The van der Waals surface area contributed by atoms with Crippen LogP contribution in [0.4, 0.5) is 11.4 Å². The number of rotatable bonds is 5. The molecule has 6 nitrogen and oxygen atoms in total. The molecule has 6 heteroatoms. The SMILES string of the molecule is CCCNc1ccc(C#N)cc1N1CC(C(N)=O)CC1=O. The van der Waals surface area contributed by atoms with E-state index in [2.05, 4.69) is 11.4 Å². The molecule has 0 radical (unpaired) electrons. The minimum atomic E-state index is -0.470. The molecule has 1 heterocycles. The molecule has 21 heavy (non-hydrogen) atoms. The molecule has 1 fully saturated rings. The predicted molar refractivity (Wildman–Crippen MR) is 79.6 cm³/mol. The number of nitrogens with zero attached hydrogens (tertiary/aromatic N) is 2. The van der Waals surface area contributed by atoms with E-state index in [4.69, 9.17) is 11.0 Å². The third kappa shape index (κ3) is 3.14. The van der Waals surface area contributed by atoms with Gasteiger partial charge in [-0.2, -0.15) is 5.26 Å². The van der Waals surface area contributed by atoms with Crippen LogP contribution in [0.3, 0.4) is 0 Å². The van der Waals surface area contributed by atoms with Crippen molar-refractivity contribution in [2.75, 3.05) is 23.3 Å². The lowest BCUT2D eigenvalue weighted by atomic mass is 10.1. The Kier molecular flexibility index (Phi) is 4.43. The number of carbonyl (C=O) groups is 2. The van der Waals surface area contributed by atoms with Crippen LogP contribution >= 0.6 is 0 Å². The van der Waals surface area contributed by atoms with Gasteiger partial charge in [0.2, 0.25) is 11.8 Å². The fourth-order valence-corrected chi connectivity index (χ4v) is 2.36. The highest BCUT2D eigenvalue weighted by Gasteiger charge is 2.35. The lowest BCUT2D eigenvalue weighted by Gasteiger charge is -2.21. The molecule has 1 unspecified atom stereocenters. The number of benzene rings is 1. The first-order valence-electron chi connectivity index (χ1n) is 6.94. The average molecular weight is 286 g/mol. The Morgan fingerprint density at radius 3 is 2.90 bits per heavy atom. The highest BCUT2D eigenvalue weighted by molar-refractivity contribution is 6.02. The van der Waals surface area contributed by atoms with Crippen molar-refractivity contribution in [2.24, 2.45) is 11.7 Å². The van der Waals surface area contributed by atoms with Gasteiger partial charge in [-0.15, -0.1) is 0 Å². The van der Waals surface area contributed by atoms with Crippen molar-refractivity contribution >= 4 is 23.2 Å². The number of hydrogen-bond donors (Lipinski definition) is 2. The van der Waals surface area contributed by atoms with Gasteiger partial charge in [0.15, 0.2) is 0 Å². The van der Waals surface area contributed by atoms with Crippen molar-refractivity contribution in [1.29, 1.82) is 5.26 Å². The zero-order valence-corrected chi connectivity index (χ0v) is 11.9. The van der Waals surface area contributed by atoms with Gasteiger partial charge in [0.1, 0.15) is 0 Å². The van der Waals surface area contributed by atoms with Gasteiger partial charge in [0, 0.05) is 19.5 Å². The maximum Gasteiger partial charge on any atom is 0.227 e. The number of hydrogen-bond acceptors (Lipinski definition) is 4. The summed E-state index contributed by atoms with van der Waals surface area (Å²) in [6, 6.07) is 7.22. The fraction of sp³-hybridized carbons (Fsp3) is 0.400. The molecule has 0 spiro atoms. The summed E-state index contributed by atoms with van der Waals surface area (Å²) in [5, 5.41) is 12.3. The summed E-state index contributed by atoms with van der Waals surface area (Å²) in [4.78, 5) is 24.9. The fourth-order valence-electron chi connectivity index (χ4n) is 2.36. The van der Waals surface area contributed by atoms with Crippen LogP contribution in [0.2, 0.25) is 0 Å². The van der Waals surface area contributed by atoms with E-state index >= 15 is 0 Å². The van der Waals surface area contributed by atoms with Crippen molar-refractivity contribution < 1.29 is 9.59 Å². The van der Waals surface area contributed by atoms with Crippen LogP contribution in [0.15, 0.2) is 18.2 Å². The summed E-state index contributed by atoms with van der Waals surface area (Å²) in [7, 11) is 0.